The van der Waals surface area contributed by atoms with E-state index in [4.69, 9.17) is 10.4 Å². The second-order valence-corrected chi connectivity index (χ2v) is 4.93. The Labute approximate surface area is 112 Å². The molecule has 0 saturated carbocycles. The summed E-state index contributed by atoms with van der Waals surface area (Å²) in [5, 5.41) is 3.70. The van der Waals surface area contributed by atoms with Gasteiger partial charge in [0.2, 0.25) is 0 Å². The van der Waals surface area contributed by atoms with E-state index in [0.717, 1.165) is 26.1 Å². The van der Waals surface area contributed by atoms with E-state index >= 15 is 0 Å². The Morgan fingerprint density at radius 3 is 3.11 bits per heavy atom. The zero-order chi connectivity index (χ0) is 13.8. The molecule has 1 aromatic rings. The first kappa shape index (κ1) is 14.0. The predicted octanol–water partition coefficient (Wildman–Crippen LogP) is -0.196. The molecule has 1 unspecified atom stereocenters. The van der Waals surface area contributed by atoms with Crippen molar-refractivity contribution in [1.29, 1.82) is 0 Å². The molecule has 106 valence electrons. The summed E-state index contributed by atoms with van der Waals surface area (Å²) >= 11 is 0. The number of hydrogen-bond acceptors (Lipinski definition) is 6. The van der Waals surface area contributed by atoms with E-state index in [0.29, 0.717) is 18.3 Å². The van der Waals surface area contributed by atoms with E-state index in [1.807, 2.05) is 5.43 Å². The minimum atomic E-state index is -0.431. The van der Waals surface area contributed by atoms with Crippen molar-refractivity contribution in [3.63, 3.8) is 0 Å². The number of piperazine rings is 1. The van der Waals surface area contributed by atoms with Crippen LogP contribution < -0.4 is 11.3 Å². The molecule has 19 heavy (non-hydrogen) atoms. The second-order valence-electron chi connectivity index (χ2n) is 4.93. The molecule has 7 nitrogen and oxygen atoms in total. The SMILES string of the molecule is CCC1CN(Cc2cc(C(=O)NN)no2)CCN1C. The lowest BCUT2D eigenvalue weighted by Crippen LogP contribution is -2.50. The van der Waals surface area contributed by atoms with Crippen LogP contribution in [0.15, 0.2) is 10.6 Å². The molecule has 0 aliphatic carbocycles. The molecule has 1 aromatic heterocycles. The molecular weight excluding hydrogens is 246 g/mol. The average Bonchev–Trinajstić information content (AvgIpc) is 2.88. The van der Waals surface area contributed by atoms with Crippen LogP contribution in [0.5, 0.6) is 0 Å². The fraction of sp³-hybridized carbons (Fsp3) is 0.667. The van der Waals surface area contributed by atoms with Crippen molar-refractivity contribution in [3.8, 4) is 0 Å². The topological polar surface area (TPSA) is 87.6 Å². The molecule has 1 saturated heterocycles. The lowest BCUT2D eigenvalue weighted by molar-refractivity contribution is 0.0818. The summed E-state index contributed by atoms with van der Waals surface area (Å²) in [6, 6.07) is 2.21. The highest BCUT2D eigenvalue weighted by Gasteiger charge is 2.24. The molecule has 1 aliphatic heterocycles. The zero-order valence-corrected chi connectivity index (χ0v) is 11.4. The van der Waals surface area contributed by atoms with Gasteiger partial charge in [-0.2, -0.15) is 0 Å². The van der Waals surface area contributed by atoms with Gasteiger partial charge in [0, 0.05) is 31.7 Å². The number of aromatic nitrogens is 1. The summed E-state index contributed by atoms with van der Waals surface area (Å²) in [7, 11) is 2.16. The van der Waals surface area contributed by atoms with Crippen molar-refractivity contribution in [3.05, 3.63) is 17.5 Å². The van der Waals surface area contributed by atoms with Crippen molar-refractivity contribution >= 4 is 5.91 Å². The van der Waals surface area contributed by atoms with Gasteiger partial charge in [0.15, 0.2) is 11.5 Å². The molecule has 1 amide bonds. The van der Waals surface area contributed by atoms with Crippen LogP contribution in [0.3, 0.4) is 0 Å². The van der Waals surface area contributed by atoms with Crippen LogP contribution in [0.1, 0.15) is 29.6 Å². The van der Waals surface area contributed by atoms with E-state index < -0.39 is 5.91 Å². The smallest absolute Gasteiger partial charge is 0.287 e. The van der Waals surface area contributed by atoms with Crippen LogP contribution in [-0.4, -0.2) is 53.6 Å². The first-order valence-corrected chi connectivity index (χ1v) is 6.53. The summed E-state index contributed by atoms with van der Waals surface area (Å²) in [5.74, 6) is 5.31. The highest BCUT2D eigenvalue weighted by molar-refractivity contribution is 5.91. The molecule has 2 rings (SSSR count). The molecule has 0 radical (unpaired) electrons. The van der Waals surface area contributed by atoms with Gasteiger partial charge in [-0.05, 0) is 13.5 Å². The molecule has 3 N–H and O–H groups in total. The van der Waals surface area contributed by atoms with Gasteiger partial charge in [-0.25, -0.2) is 5.84 Å². The second kappa shape index (κ2) is 6.14. The average molecular weight is 267 g/mol. The lowest BCUT2D eigenvalue weighted by atomic mass is 10.1. The lowest BCUT2D eigenvalue weighted by Gasteiger charge is -2.38. The molecule has 0 bridgehead atoms. The summed E-state index contributed by atoms with van der Waals surface area (Å²) in [4.78, 5) is 16.0. The number of hydrogen-bond donors (Lipinski definition) is 2. The third-order valence-corrected chi connectivity index (χ3v) is 3.63. The number of amides is 1. The van der Waals surface area contributed by atoms with Gasteiger partial charge in [0.25, 0.3) is 5.91 Å². The van der Waals surface area contributed by atoms with Crippen molar-refractivity contribution in [2.75, 3.05) is 26.7 Å². The Balaban J connectivity index is 1.94. The van der Waals surface area contributed by atoms with Crippen LogP contribution in [-0.2, 0) is 6.54 Å². The standard InChI is InChI=1S/C12H21N5O2/c1-3-9-7-17(5-4-16(9)2)8-10-6-11(15-19-10)12(18)14-13/h6,9H,3-5,7-8,13H2,1-2H3,(H,14,18). The Morgan fingerprint density at radius 2 is 2.42 bits per heavy atom. The maximum Gasteiger partial charge on any atom is 0.287 e. The number of likely N-dealkylation sites (N-methyl/N-ethyl adjacent to an activating group) is 1. The number of hydrazine groups is 1. The Hall–Kier alpha value is -1.44. The summed E-state index contributed by atoms with van der Waals surface area (Å²) in [6.45, 7) is 5.92. The van der Waals surface area contributed by atoms with Gasteiger partial charge in [0.05, 0.1) is 6.54 Å². The minimum absolute atomic E-state index is 0.221. The normalized spacial score (nSPS) is 21.5. The Bertz CT molecular complexity index is 434. The van der Waals surface area contributed by atoms with Crippen LogP contribution >= 0.6 is 0 Å². The quantitative estimate of drug-likeness (QED) is 0.446. The van der Waals surface area contributed by atoms with Crippen LogP contribution in [0, 0.1) is 0 Å². The van der Waals surface area contributed by atoms with Crippen molar-refractivity contribution in [2.45, 2.75) is 25.9 Å². The molecule has 0 spiro atoms. The monoisotopic (exact) mass is 267 g/mol. The first-order chi connectivity index (χ1) is 9.13. The summed E-state index contributed by atoms with van der Waals surface area (Å²) in [6.07, 6.45) is 1.13. The number of nitrogen functional groups attached to an aromatic ring is 1. The molecule has 7 heteroatoms. The maximum absolute atomic E-state index is 11.3. The fourth-order valence-electron chi connectivity index (χ4n) is 2.38. The molecule has 1 fully saturated rings. The predicted molar refractivity (Wildman–Crippen MR) is 70.1 cm³/mol. The van der Waals surface area contributed by atoms with Crippen molar-refractivity contribution < 1.29 is 9.32 Å². The number of rotatable bonds is 4. The van der Waals surface area contributed by atoms with Gasteiger partial charge in [-0.15, -0.1) is 0 Å². The van der Waals surface area contributed by atoms with E-state index in [-0.39, 0.29) is 5.69 Å². The van der Waals surface area contributed by atoms with E-state index in [9.17, 15) is 4.79 Å². The third-order valence-electron chi connectivity index (χ3n) is 3.63. The molecular formula is C12H21N5O2. The van der Waals surface area contributed by atoms with Crippen LogP contribution in [0.25, 0.3) is 0 Å². The molecule has 1 aliphatic rings. The Morgan fingerprint density at radius 1 is 1.63 bits per heavy atom. The van der Waals surface area contributed by atoms with Crippen LogP contribution in [0.2, 0.25) is 0 Å². The van der Waals surface area contributed by atoms with Gasteiger partial charge < -0.3 is 9.42 Å². The highest BCUT2D eigenvalue weighted by atomic mass is 16.5. The fourth-order valence-corrected chi connectivity index (χ4v) is 2.38. The van der Waals surface area contributed by atoms with E-state index in [1.165, 1.54) is 0 Å². The number of nitrogens with zero attached hydrogens (tertiary/aromatic N) is 3. The van der Waals surface area contributed by atoms with Crippen molar-refractivity contribution in [1.82, 2.24) is 20.4 Å². The largest absolute Gasteiger partial charge is 0.359 e. The number of nitrogens with two attached hydrogens (primary N) is 1. The number of carbonyl (C=O) groups excluding carboxylic acids is 1. The maximum atomic E-state index is 11.3. The van der Waals surface area contributed by atoms with Crippen molar-refractivity contribution in [2.24, 2.45) is 5.84 Å². The number of nitrogens with one attached hydrogen (secondary N) is 1. The van der Waals surface area contributed by atoms with E-state index in [1.54, 1.807) is 6.07 Å². The van der Waals surface area contributed by atoms with Crippen LogP contribution in [0.4, 0.5) is 0 Å². The molecule has 1 atom stereocenters. The van der Waals surface area contributed by atoms with Gasteiger partial charge in [-0.3, -0.25) is 15.1 Å². The van der Waals surface area contributed by atoms with Gasteiger partial charge in [-0.1, -0.05) is 12.1 Å². The summed E-state index contributed by atoms with van der Waals surface area (Å²) < 4.78 is 5.16. The highest BCUT2D eigenvalue weighted by Crippen LogP contribution is 2.14. The third kappa shape index (κ3) is 3.31. The first-order valence-electron chi connectivity index (χ1n) is 6.53. The summed E-state index contributed by atoms with van der Waals surface area (Å²) in [5.41, 5.74) is 2.26. The zero-order valence-electron chi connectivity index (χ0n) is 11.4. The molecule has 2 heterocycles. The van der Waals surface area contributed by atoms with E-state index in [2.05, 4.69) is 28.9 Å². The van der Waals surface area contributed by atoms with Gasteiger partial charge >= 0.3 is 0 Å². The number of carbonyl (C=O) groups is 1. The van der Waals surface area contributed by atoms with Gasteiger partial charge in [0.1, 0.15) is 0 Å². The Kier molecular flexibility index (Phi) is 4.52. The molecule has 0 aromatic carbocycles. The minimum Gasteiger partial charge on any atom is -0.359 e.